The molecule has 1 atom stereocenters. The number of hydrogen-bond acceptors (Lipinski definition) is 4. The summed E-state index contributed by atoms with van der Waals surface area (Å²) in [5.74, 6) is -1.57. The van der Waals surface area contributed by atoms with Crippen LogP contribution in [-0.4, -0.2) is 25.2 Å². The Hall–Kier alpha value is -1.91. The molecule has 92 valence electrons. The van der Waals surface area contributed by atoms with Crippen LogP contribution >= 0.6 is 0 Å². The van der Waals surface area contributed by atoms with Crippen LogP contribution in [-0.2, 0) is 25.5 Å². The molecule has 0 bridgehead atoms. The van der Waals surface area contributed by atoms with E-state index in [1.165, 1.54) is 38.3 Å². The third-order valence-corrected chi connectivity index (χ3v) is 2.11. The lowest BCUT2D eigenvalue weighted by Crippen LogP contribution is -2.29. The second-order valence-electron chi connectivity index (χ2n) is 3.45. The average Bonchev–Trinajstić information content (AvgIpc) is 2.29. The standard InChI is InChI=1S/C12H13FO4/c1-8(14)17-11(12(15)16-2)7-9-3-5-10(13)6-4-9/h3-6,11H,7H2,1-2H3. The number of ether oxygens (including phenoxy) is 2. The summed E-state index contributed by atoms with van der Waals surface area (Å²) in [6.07, 6.45) is -0.838. The highest BCUT2D eigenvalue weighted by molar-refractivity contribution is 5.78. The number of esters is 2. The summed E-state index contributed by atoms with van der Waals surface area (Å²) in [7, 11) is 1.21. The summed E-state index contributed by atoms with van der Waals surface area (Å²) in [6, 6.07) is 5.60. The monoisotopic (exact) mass is 240 g/mol. The maximum Gasteiger partial charge on any atom is 0.347 e. The molecule has 0 aromatic heterocycles. The first-order valence-corrected chi connectivity index (χ1v) is 5.02. The van der Waals surface area contributed by atoms with Crippen LogP contribution in [0.1, 0.15) is 12.5 Å². The maximum absolute atomic E-state index is 12.7. The van der Waals surface area contributed by atoms with E-state index >= 15 is 0 Å². The molecule has 0 aliphatic heterocycles. The van der Waals surface area contributed by atoms with E-state index in [0.29, 0.717) is 5.56 Å². The van der Waals surface area contributed by atoms with Gasteiger partial charge in [0.15, 0.2) is 0 Å². The number of hydrogen-bond donors (Lipinski definition) is 0. The van der Waals surface area contributed by atoms with Gasteiger partial charge in [0.2, 0.25) is 6.10 Å². The third kappa shape index (κ3) is 4.22. The summed E-state index contributed by atoms with van der Waals surface area (Å²) in [5.41, 5.74) is 0.683. The van der Waals surface area contributed by atoms with Gasteiger partial charge in [-0.1, -0.05) is 12.1 Å². The lowest BCUT2D eigenvalue weighted by Gasteiger charge is -2.14. The Morgan fingerprint density at radius 2 is 1.88 bits per heavy atom. The Morgan fingerprint density at radius 3 is 2.35 bits per heavy atom. The molecule has 0 amide bonds. The molecular weight excluding hydrogens is 227 g/mol. The highest BCUT2D eigenvalue weighted by Gasteiger charge is 2.22. The van der Waals surface area contributed by atoms with Crippen molar-refractivity contribution in [3.8, 4) is 0 Å². The molecule has 0 aliphatic carbocycles. The number of rotatable bonds is 4. The molecule has 0 N–H and O–H groups in total. The first-order valence-electron chi connectivity index (χ1n) is 5.02. The Kier molecular flexibility index (Phi) is 4.63. The first-order chi connectivity index (χ1) is 8.02. The topological polar surface area (TPSA) is 52.6 Å². The van der Waals surface area contributed by atoms with Crippen LogP contribution in [0.15, 0.2) is 24.3 Å². The van der Waals surface area contributed by atoms with Crippen molar-refractivity contribution in [3.63, 3.8) is 0 Å². The summed E-state index contributed by atoms with van der Waals surface area (Å²) in [4.78, 5) is 22.2. The third-order valence-electron chi connectivity index (χ3n) is 2.11. The van der Waals surface area contributed by atoms with Gasteiger partial charge < -0.3 is 9.47 Å². The van der Waals surface area contributed by atoms with E-state index in [0.717, 1.165) is 0 Å². The smallest absolute Gasteiger partial charge is 0.347 e. The van der Waals surface area contributed by atoms with Crippen molar-refractivity contribution < 1.29 is 23.5 Å². The van der Waals surface area contributed by atoms with Gasteiger partial charge in [0.1, 0.15) is 5.82 Å². The molecule has 1 rings (SSSR count). The highest BCUT2D eigenvalue weighted by Crippen LogP contribution is 2.09. The van der Waals surface area contributed by atoms with Crippen molar-refractivity contribution in [2.75, 3.05) is 7.11 Å². The van der Waals surface area contributed by atoms with Crippen LogP contribution in [0.3, 0.4) is 0 Å². The molecule has 0 radical (unpaired) electrons. The lowest BCUT2D eigenvalue weighted by molar-refractivity contribution is -0.164. The van der Waals surface area contributed by atoms with Gasteiger partial charge in [-0.05, 0) is 17.7 Å². The van der Waals surface area contributed by atoms with Gasteiger partial charge in [-0.2, -0.15) is 0 Å². The number of halogens is 1. The van der Waals surface area contributed by atoms with Crippen molar-refractivity contribution in [2.24, 2.45) is 0 Å². The van der Waals surface area contributed by atoms with Gasteiger partial charge in [-0.15, -0.1) is 0 Å². The summed E-state index contributed by atoms with van der Waals surface area (Å²) in [6.45, 7) is 1.21. The Labute approximate surface area is 98.3 Å². The Balaban J connectivity index is 2.75. The summed E-state index contributed by atoms with van der Waals surface area (Å²) in [5, 5.41) is 0. The minimum Gasteiger partial charge on any atom is -0.466 e. The Morgan fingerprint density at radius 1 is 1.29 bits per heavy atom. The van der Waals surface area contributed by atoms with Crippen LogP contribution < -0.4 is 0 Å². The predicted octanol–water partition coefficient (Wildman–Crippen LogP) is 1.47. The van der Waals surface area contributed by atoms with E-state index in [4.69, 9.17) is 4.74 Å². The van der Waals surface area contributed by atoms with Gasteiger partial charge in [-0.25, -0.2) is 9.18 Å². The van der Waals surface area contributed by atoms with Crippen LogP contribution in [0.4, 0.5) is 4.39 Å². The lowest BCUT2D eigenvalue weighted by atomic mass is 10.1. The van der Waals surface area contributed by atoms with Gasteiger partial charge >= 0.3 is 11.9 Å². The molecule has 1 aromatic carbocycles. The fourth-order valence-electron chi connectivity index (χ4n) is 1.34. The van der Waals surface area contributed by atoms with Crippen molar-refractivity contribution in [1.82, 2.24) is 0 Å². The largest absolute Gasteiger partial charge is 0.466 e. The van der Waals surface area contributed by atoms with E-state index in [1.807, 2.05) is 0 Å². The molecule has 0 aliphatic rings. The number of carbonyl (C=O) groups is 2. The van der Waals surface area contributed by atoms with Gasteiger partial charge in [0.05, 0.1) is 7.11 Å². The SMILES string of the molecule is COC(=O)C(Cc1ccc(F)cc1)OC(C)=O. The molecular formula is C12H13FO4. The molecule has 1 aromatic rings. The zero-order valence-corrected chi connectivity index (χ0v) is 9.60. The van der Waals surface area contributed by atoms with Crippen molar-refractivity contribution in [1.29, 1.82) is 0 Å². The molecule has 5 heteroatoms. The van der Waals surface area contributed by atoms with Crippen LogP contribution in [0, 0.1) is 5.82 Å². The number of carbonyl (C=O) groups excluding carboxylic acids is 2. The van der Waals surface area contributed by atoms with E-state index in [2.05, 4.69) is 4.74 Å². The molecule has 0 saturated carbocycles. The minimum absolute atomic E-state index is 0.159. The number of benzene rings is 1. The van der Waals surface area contributed by atoms with Crippen LogP contribution in [0.5, 0.6) is 0 Å². The number of methoxy groups -OCH3 is 1. The zero-order chi connectivity index (χ0) is 12.8. The van der Waals surface area contributed by atoms with E-state index in [1.54, 1.807) is 0 Å². The molecule has 1 unspecified atom stereocenters. The first kappa shape index (κ1) is 13.2. The normalized spacial score (nSPS) is 11.7. The molecule has 17 heavy (non-hydrogen) atoms. The fraction of sp³-hybridized carbons (Fsp3) is 0.333. The average molecular weight is 240 g/mol. The Bertz CT molecular complexity index is 399. The van der Waals surface area contributed by atoms with Gasteiger partial charge in [-0.3, -0.25) is 4.79 Å². The molecule has 4 nitrogen and oxygen atoms in total. The second kappa shape index (κ2) is 5.98. The predicted molar refractivity (Wildman–Crippen MR) is 57.7 cm³/mol. The van der Waals surface area contributed by atoms with Crippen LogP contribution in [0.2, 0.25) is 0 Å². The molecule has 0 heterocycles. The van der Waals surface area contributed by atoms with E-state index in [9.17, 15) is 14.0 Å². The second-order valence-corrected chi connectivity index (χ2v) is 3.45. The van der Waals surface area contributed by atoms with Gasteiger partial charge in [0, 0.05) is 13.3 Å². The quantitative estimate of drug-likeness (QED) is 0.748. The fourth-order valence-corrected chi connectivity index (χ4v) is 1.34. The highest BCUT2D eigenvalue weighted by atomic mass is 19.1. The van der Waals surface area contributed by atoms with Crippen molar-refractivity contribution >= 4 is 11.9 Å². The van der Waals surface area contributed by atoms with Gasteiger partial charge in [0.25, 0.3) is 0 Å². The minimum atomic E-state index is -0.997. The zero-order valence-electron chi connectivity index (χ0n) is 9.60. The molecule has 0 spiro atoms. The van der Waals surface area contributed by atoms with E-state index < -0.39 is 18.0 Å². The summed E-state index contributed by atoms with van der Waals surface area (Å²) >= 11 is 0. The molecule has 0 saturated heterocycles. The van der Waals surface area contributed by atoms with E-state index in [-0.39, 0.29) is 12.2 Å². The molecule has 0 fully saturated rings. The van der Waals surface area contributed by atoms with Crippen molar-refractivity contribution in [2.45, 2.75) is 19.4 Å². The summed E-state index contributed by atoms with van der Waals surface area (Å²) < 4.78 is 22.0. The maximum atomic E-state index is 12.7. The van der Waals surface area contributed by atoms with Crippen LogP contribution in [0.25, 0.3) is 0 Å². The van der Waals surface area contributed by atoms with Crippen molar-refractivity contribution in [3.05, 3.63) is 35.6 Å².